The second-order valence-corrected chi connectivity index (χ2v) is 7.10. The number of amides is 2. The summed E-state index contributed by atoms with van der Waals surface area (Å²) in [6.07, 6.45) is 2.51. The van der Waals surface area contributed by atoms with Crippen molar-refractivity contribution in [2.45, 2.75) is 19.4 Å². The molecular formula is C19H21ClN2O2S. The van der Waals surface area contributed by atoms with E-state index in [1.807, 2.05) is 25.3 Å². The number of aryl methyl sites for hydroxylation is 1. The first-order valence-electron chi connectivity index (χ1n) is 7.92. The summed E-state index contributed by atoms with van der Waals surface area (Å²) < 4.78 is 0. The number of rotatable bonds is 7. The molecule has 6 heteroatoms. The first-order valence-corrected chi connectivity index (χ1v) is 9.69. The van der Waals surface area contributed by atoms with Crippen molar-refractivity contribution in [1.29, 1.82) is 0 Å². The van der Waals surface area contributed by atoms with Crippen molar-refractivity contribution in [2.24, 2.45) is 0 Å². The number of thioether (sulfide) groups is 1. The minimum absolute atomic E-state index is 0.253. The highest BCUT2D eigenvalue weighted by atomic mass is 35.5. The molecule has 0 aliphatic carbocycles. The highest BCUT2D eigenvalue weighted by Gasteiger charge is 2.21. The molecule has 2 aromatic rings. The summed E-state index contributed by atoms with van der Waals surface area (Å²) in [6, 6.07) is 13.6. The molecule has 132 valence electrons. The van der Waals surface area contributed by atoms with E-state index in [2.05, 4.69) is 10.6 Å². The number of anilines is 1. The first kappa shape index (κ1) is 19.3. The third kappa shape index (κ3) is 6.11. The van der Waals surface area contributed by atoms with Crippen molar-refractivity contribution in [3.63, 3.8) is 0 Å². The minimum Gasteiger partial charge on any atom is -0.340 e. The van der Waals surface area contributed by atoms with Gasteiger partial charge in [0.2, 0.25) is 5.91 Å². The van der Waals surface area contributed by atoms with Gasteiger partial charge >= 0.3 is 0 Å². The van der Waals surface area contributed by atoms with Crippen LogP contribution in [0.2, 0.25) is 5.02 Å². The number of benzene rings is 2. The van der Waals surface area contributed by atoms with E-state index in [0.717, 1.165) is 11.3 Å². The van der Waals surface area contributed by atoms with Crippen LogP contribution in [-0.2, 0) is 4.79 Å². The number of hydrogen-bond donors (Lipinski definition) is 2. The van der Waals surface area contributed by atoms with Crippen LogP contribution >= 0.6 is 23.4 Å². The molecular weight excluding hydrogens is 356 g/mol. The molecule has 4 nitrogen and oxygen atoms in total. The topological polar surface area (TPSA) is 58.2 Å². The number of carbonyl (C=O) groups excluding carboxylic acids is 2. The maximum atomic E-state index is 12.6. The van der Waals surface area contributed by atoms with Crippen LogP contribution in [0.4, 0.5) is 5.69 Å². The summed E-state index contributed by atoms with van der Waals surface area (Å²) in [6.45, 7) is 1.96. The van der Waals surface area contributed by atoms with Crippen molar-refractivity contribution in [1.82, 2.24) is 5.32 Å². The Morgan fingerprint density at radius 3 is 2.52 bits per heavy atom. The molecule has 2 aromatic carbocycles. The van der Waals surface area contributed by atoms with E-state index < -0.39 is 6.04 Å². The van der Waals surface area contributed by atoms with Crippen LogP contribution in [0.15, 0.2) is 48.5 Å². The Bertz CT molecular complexity index is 734. The van der Waals surface area contributed by atoms with E-state index in [4.69, 9.17) is 11.6 Å². The molecule has 25 heavy (non-hydrogen) atoms. The molecule has 1 unspecified atom stereocenters. The molecule has 0 saturated carbocycles. The summed E-state index contributed by atoms with van der Waals surface area (Å²) in [5.74, 6) is 0.256. The van der Waals surface area contributed by atoms with E-state index in [9.17, 15) is 9.59 Å². The molecule has 0 radical (unpaired) electrons. The lowest BCUT2D eigenvalue weighted by Gasteiger charge is -2.18. The van der Waals surface area contributed by atoms with Gasteiger partial charge in [0, 0.05) is 16.3 Å². The fourth-order valence-corrected chi connectivity index (χ4v) is 2.91. The standard InChI is InChI=1S/C19H21ClN2O2S/c1-13-6-8-14(9-7-13)18(23)22-17(10-11-25-2)19(24)21-16-5-3-4-15(20)12-16/h3-9,12,17H,10-11H2,1-2H3,(H,21,24)(H,22,23). The van der Waals surface area contributed by atoms with Gasteiger partial charge in [-0.05, 0) is 55.7 Å². The highest BCUT2D eigenvalue weighted by Crippen LogP contribution is 2.16. The Hall–Kier alpha value is -1.98. The lowest BCUT2D eigenvalue weighted by molar-refractivity contribution is -0.118. The van der Waals surface area contributed by atoms with Crippen LogP contribution < -0.4 is 10.6 Å². The van der Waals surface area contributed by atoms with Gasteiger partial charge in [-0.3, -0.25) is 9.59 Å². The zero-order valence-corrected chi connectivity index (χ0v) is 15.8. The van der Waals surface area contributed by atoms with Crippen molar-refractivity contribution >= 4 is 40.9 Å². The number of nitrogens with one attached hydrogen (secondary N) is 2. The largest absolute Gasteiger partial charge is 0.340 e. The van der Waals surface area contributed by atoms with Gasteiger partial charge in [-0.2, -0.15) is 11.8 Å². The summed E-state index contributed by atoms with van der Waals surface area (Å²) in [5.41, 5.74) is 2.22. The predicted molar refractivity (Wildman–Crippen MR) is 106 cm³/mol. The van der Waals surface area contributed by atoms with Gasteiger partial charge < -0.3 is 10.6 Å². The molecule has 2 rings (SSSR count). The summed E-state index contributed by atoms with van der Waals surface area (Å²) >= 11 is 7.57. The molecule has 2 amide bonds. The van der Waals surface area contributed by atoms with Crippen LogP contribution in [0.25, 0.3) is 0 Å². The van der Waals surface area contributed by atoms with E-state index in [1.54, 1.807) is 48.2 Å². The minimum atomic E-state index is -0.611. The smallest absolute Gasteiger partial charge is 0.251 e. The van der Waals surface area contributed by atoms with E-state index in [0.29, 0.717) is 22.7 Å². The SMILES string of the molecule is CSCCC(NC(=O)c1ccc(C)cc1)C(=O)Nc1cccc(Cl)c1. The molecule has 0 fully saturated rings. The maximum absolute atomic E-state index is 12.6. The molecule has 1 atom stereocenters. The highest BCUT2D eigenvalue weighted by molar-refractivity contribution is 7.98. The van der Waals surface area contributed by atoms with Crippen LogP contribution in [-0.4, -0.2) is 29.9 Å². The zero-order valence-electron chi connectivity index (χ0n) is 14.2. The van der Waals surface area contributed by atoms with Gasteiger partial charge in [0.15, 0.2) is 0 Å². The molecule has 0 aliphatic rings. The summed E-state index contributed by atoms with van der Waals surface area (Å²) in [5, 5.41) is 6.18. The monoisotopic (exact) mass is 376 g/mol. The average molecular weight is 377 g/mol. The molecule has 0 saturated heterocycles. The van der Waals surface area contributed by atoms with Crippen molar-refractivity contribution in [3.05, 3.63) is 64.7 Å². The number of hydrogen-bond acceptors (Lipinski definition) is 3. The second-order valence-electron chi connectivity index (χ2n) is 5.67. The van der Waals surface area contributed by atoms with Gasteiger partial charge in [0.1, 0.15) is 6.04 Å². The van der Waals surface area contributed by atoms with Crippen LogP contribution in [0.5, 0.6) is 0 Å². The molecule has 0 bridgehead atoms. The third-order valence-corrected chi connectivity index (χ3v) is 4.52. The van der Waals surface area contributed by atoms with Crippen molar-refractivity contribution in [2.75, 3.05) is 17.3 Å². The van der Waals surface area contributed by atoms with Crippen LogP contribution in [0.1, 0.15) is 22.3 Å². The Morgan fingerprint density at radius 1 is 1.16 bits per heavy atom. The zero-order chi connectivity index (χ0) is 18.2. The number of halogens is 1. The quantitative estimate of drug-likeness (QED) is 0.763. The first-order chi connectivity index (χ1) is 12.0. The van der Waals surface area contributed by atoms with Crippen molar-refractivity contribution in [3.8, 4) is 0 Å². The third-order valence-electron chi connectivity index (χ3n) is 3.64. The predicted octanol–water partition coefficient (Wildman–Crippen LogP) is 4.14. The number of carbonyl (C=O) groups is 2. The normalized spacial score (nSPS) is 11.6. The van der Waals surface area contributed by atoms with Crippen LogP contribution in [0, 0.1) is 6.92 Å². The Morgan fingerprint density at radius 2 is 1.88 bits per heavy atom. The fraction of sp³-hybridized carbons (Fsp3) is 0.263. The van der Waals surface area contributed by atoms with Crippen LogP contribution in [0.3, 0.4) is 0 Å². The second kappa shape index (κ2) is 9.49. The average Bonchev–Trinajstić information content (AvgIpc) is 2.59. The Balaban J connectivity index is 2.07. The van der Waals surface area contributed by atoms with Gasteiger partial charge in [0.05, 0.1) is 0 Å². The molecule has 0 aromatic heterocycles. The lowest BCUT2D eigenvalue weighted by atomic mass is 10.1. The van der Waals surface area contributed by atoms with Gasteiger partial charge in [0.25, 0.3) is 5.91 Å². The van der Waals surface area contributed by atoms with E-state index in [1.165, 1.54) is 0 Å². The summed E-state index contributed by atoms with van der Waals surface area (Å²) in [7, 11) is 0. The molecule has 0 spiro atoms. The van der Waals surface area contributed by atoms with E-state index in [-0.39, 0.29) is 11.8 Å². The van der Waals surface area contributed by atoms with Gasteiger partial charge in [-0.15, -0.1) is 0 Å². The Kier molecular flexibility index (Phi) is 7.34. The molecule has 2 N–H and O–H groups in total. The lowest BCUT2D eigenvalue weighted by Crippen LogP contribution is -2.44. The van der Waals surface area contributed by atoms with E-state index >= 15 is 0 Å². The Labute approximate surface area is 157 Å². The van der Waals surface area contributed by atoms with Gasteiger partial charge in [-0.25, -0.2) is 0 Å². The fourth-order valence-electron chi connectivity index (χ4n) is 2.25. The molecule has 0 aliphatic heterocycles. The maximum Gasteiger partial charge on any atom is 0.251 e. The molecule has 0 heterocycles. The van der Waals surface area contributed by atoms with Crippen molar-refractivity contribution < 1.29 is 9.59 Å². The van der Waals surface area contributed by atoms with Gasteiger partial charge in [-0.1, -0.05) is 35.4 Å². The summed E-state index contributed by atoms with van der Waals surface area (Å²) in [4.78, 5) is 25.0.